The predicted molar refractivity (Wildman–Crippen MR) is 123 cm³/mol. The van der Waals surface area contributed by atoms with Crippen molar-refractivity contribution in [3.63, 3.8) is 0 Å². The van der Waals surface area contributed by atoms with Gasteiger partial charge < -0.3 is 14.9 Å². The van der Waals surface area contributed by atoms with Crippen molar-refractivity contribution in [2.75, 3.05) is 39.3 Å². The second kappa shape index (κ2) is 10.9. The lowest BCUT2D eigenvalue weighted by Crippen LogP contribution is -2.47. The monoisotopic (exact) mass is 394 g/mol. The maximum absolute atomic E-state index is 11.1. The topological polar surface area (TPSA) is 26.7 Å². The smallest absolute Gasteiger partial charge is 0.0880 e. The summed E-state index contributed by atoms with van der Waals surface area (Å²) < 4.78 is 0. The highest BCUT2D eigenvalue weighted by Crippen LogP contribution is 2.28. The van der Waals surface area contributed by atoms with Crippen molar-refractivity contribution in [1.82, 2.24) is 9.80 Å². The highest BCUT2D eigenvalue weighted by molar-refractivity contribution is 5.63. The number of aliphatic hydroxyl groups is 1. The van der Waals surface area contributed by atoms with Gasteiger partial charge in [0.05, 0.1) is 5.60 Å². The molecule has 2 aromatic carbocycles. The summed E-state index contributed by atoms with van der Waals surface area (Å²) in [4.78, 5) is 5.11. The SMILES string of the molecule is CCCCCCN1CCN(CCC(C)(O)c2ccc(-c3ccccc3)cc2)CC1. The maximum Gasteiger partial charge on any atom is 0.0880 e. The molecule has 1 fully saturated rings. The van der Waals surface area contributed by atoms with Gasteiger partial charge in [-0.1, -0.05) is 80.8 Å². The molecule has 2 aromatic rings. The van der Waals surface area contributed by atoms with Gasteiger partial charge in [-0.2, -0.15) is 0 Å². The molecule has 1 N–H and O–H groups in total. The number of rotatable bonds is 10. The van der Waals surface area contributed by atoms with Gasteiger partial charge in [-0.3, -0.25) is 0 Å². The summed E-state index contributed by atoms with van der Waals surface area (Å²) in [5.41, 5.74) is 2.63. The van der Waals surface area contributed by atoms with Crippen molar-refractivity contribution >= 4 is 0 Å². The van der Waals surface area contributed by atoms with Gasteiger partial charge in [0.25, 0.3) is 0 Å². The third-order valence-electron chi connectivity index (χ3n) is 6.32. The zero-order chi connectivity index (χ0) is 20.5. The van der Waals surface area contributed by atoms with E-state index in [1.165, 1.54) is 56.4 Å². The van der Waals surface area contributed by atoms with Crippen molar-refractivity contribution in [3.8, 4) is 11.1 Å². The molecular weight excluding hydrogens is 356 g/mol. The average Bonchev–Trinajstić information content (AvgIpc) is 2.77. The first-order chi connectivity index (χ1) is 14.1. The maximum atomic E-state index is 11.1. The summed E-state index contributed by atoms with van der Waals surface area (Å²) >= 11 is 0. The van der Waals surface area contributed by atoms with Crippen LogP contribution in [0.25, 0.3) is 11.1 Å². The van der Waals surface area contributed by atoms with Gasteiger partial charge in [-0.15, -0.1) is 0 Å². The molecule has 1 aliphatic heterocycles. The Morgan fingerprint density at radius 1 is 0.759 bits per heavy atom. The molecule has 0 spiro atoms. The minimum absolute atomic E-state index is 0.772. The van der Waals surface area contributed by atoms with E-state index in [9.17, 15) is 5.11 Å². The molecule has 0 amide bonds. The van der Waals surface area contributed by atoms with Gasteiger partial charge in [-0.25, -0.2) is 0 Å². The zero-order valence-corrected chi connectivity index (χ0v) is 18.3. The van der Waals surface area contributed by atoms with Crippen molar-refractivity contribution in [2.45, 2.75) is 51.6 Å². The zero-order valence-electron chi connectivity index (χ0n) is 18.3. The Labute approximate surface area is 177 Å². The van der Waals surface area contributed by atoms with E-state index in [4.69, 9.17) is 0 Å². The van der Waals surface area contributed by atoms with E-state index in [0.29, 0.717) is 0 Å². The Morgan fingerprint density at radius 2 is 1.34 bits per heavy atom. The lowest BCUT2D eigenvalue weighted by Gasteiger charge is -2.36. The highest BCUT2D eigenvalue weighted by atomic mass is 16.3. The van der Waals surface area contributed by atoms with E-state index >= 15 is 0 Å². The predicted octanol–water partition coefficient (Wildman–Crippen LogP) is 5.15. The van der Waals surface area contributed by atoms with Gasteiger partial charge >= 0.3 is 0 Å². The Morgan fingerprint density at radius 3 is 1.97 bits per heavy atom. The minimum atomic E-state index is -0.785. The van der Waals surface area contributed by atoms with Crippen LogP contribution < -0.4 is 0 Å². The molecule has 1 atom stereocenters. The Kier molecular flexibility index (Phi) is 8.29. The van der Waals surface area contributed by atoms with Gasteiger partial charge in [-0.05, 0) is 43.0 Å². The van der Waals surface area contributed by atoms with Gasteiger partial charge in [0.1, 0.15) is 0 Å². The molecule has 0 bridgehead atoms. The van der Waals surface area contributed by atoms with Gasteiger partial charge in [0, 0.05) is 32.7 Å². The number of unbranched alkanes of at least 4 members (excludes halogenated alkanes) is 3. The number of piperazine rings is 1. The molecule has 0 aromatic heterocycles. The van der Waals surface area contributed by atoms with Crippen LogP contribution in [-0.2, 0) is 5.60 Å². The van der Waals surface area contributed by atoms with Crippen LogP contribution in [0.3, 0.4) is 0 Å². The van der Waals surface area contributed by atoms with Crippen LogP contribution in [0.15, 0.2) is 54.6 Å². The van der Waals surface area contributed by atoms with Gasteiger partial charge in [0.15, 0.2) is 0 Å². The van der Waals surface area contributed by atoms with Crippen LogP contribution in [0.2, 0.25) is 0 Å². The Hall–Kier alpha value is -1.68. The van der Waals surface area contributed by atoms with Crippen LogP contribution in [0.1, 0.15) is 51.5 Å². The first kappa shape index (κ1) is 22.0. The number of hydrogen-bond donors (Lipinski definition) is 1. The number of hydrogen-bond acceptors (Lipinski definition) is 3. The van der Waals surface area contributed by atoms with E-state index in [-0.39, 0.29) is 0 Å². The molecule has 1 unspecified atom stereocenters. The van der Waals surface area contributed by atoms with Crippen molar-refractivity contribution in [3.05, 3.63) is 60.2 Å². The molecule has 158 valence electrons. The van der Waals surface area contributed by atoms with E-state index in [1.54, 1.807) is 0 Å². The fraction of sp³-hybridized carbons (Fsp3) is 0.538. The first-order valence-electron chi connectivity index (χ1n) is 11.4. The fourth-order valence-electron chi connectivity index (χ4n) is 4.17. The van der Waals surface area contributed by atoms with Crippen LogP contribution in [0, 0.1) is 0 Å². The molecule has 1 aliphatic rings. The average molecular weight is 395 g/mol. The Balaban J connectivity index is 1.44. The van der Waals surface area contributed by atoms with Crippen molar-refractivity contribution in [1.29, 1.82) is 0 Å². The summed E-state index contributed by atoms with van der Waals surface area (Å²) in [6.45, 7) is 11.0. The number of benzene rings is 2. The summed E-state index contributed by atoms with van der Waals surface area (Å²) in [7, 11) is 0. The minimum Gasteiger partial charge on any atom is -0.385 e. The normalized spacial score (nSPS) is 17.9. The summed E-state index contributed by atoms with van der Waals surface area (Å²) in [5.74, 6) is 0. The quantitative estimate of drug-likeness (QED) is 0.565. The van der Waals surface area contributed by atoms with Gasteiger partial charge in [0.2, 0.25) is 0 Å². The van der Waals surface area contributed by atoms with Crippen molar-refractivity contribution < 1.29 is 5.11 Å². The second-order valence-electron chi connectivity index (χ2n) is 8.71. The van der Waals surface area contributed by atoms with E-state index < -0.39 is 5.60 Å². The molecule has 3 heteroatoms. The molecular formula is C26H38N2O. The van der Waals surface area contributed by atoms with E-state index in [0.717, 1.165) is 31.6 Å². The fourth-order valence-corrected chi connectivity index (χ4v) is 4.17. The third-order valence-corrected chi connectivity index (χ3v) is 6.32. The molecule has 29 heavy (non-hydrogen) atoms. The summed E-state index contributed by atoms with van der Waals surface area (Å²) in [5, 5.41) is 11.1. The standard InChI is InChI=1S/C26H38N2O/c1-3-4-5-9-17-27-19-21-28(22-20-27)18-16-26(2,29)25-14-12-24(13-15-25)23-10-7-6-8-11-23/h6-8,10-15,29H,3-5,9,16-22H2,1-2H3. The molecule has 0 saturated carbocycles. The molecule has 3 nitrogen and oxygen atoms in total. The van der Waals surface area contributed by atoms with Crippen molar-refractivity contribution in [2.24, 2.45) is 0 Å². The molecule has 1 saturated heterocycles. The van der Waals surface area contributed by atoms with Crippen LogP contribution in [0.4, 0.5) is 0 Å². The second-order valence-corrected chi connectivity index (χ2v) is 8.71. The van der Waals surface area contributed by atoms with Crippen LogP contribution in [-0.4, -0.2) is 54.2 Å². The van der Waals surface area contributed by atoms with Crippen LogP contribution >= 0.6 is 0 Å². The summed E-state index contributed by atoms with van der Waals surface area (Å²) in [6.07, 6.45) is 6.14. The highest BCUT2D eigenvalue weighted by Gasteiger charge is 2.25. The lowest BCUT2D eigenvalue weighted by atomic mass is 9.90. The third kappa shape index (κ3) is 6.67. The van der Waals surface area contributed by atoms with E-state index in [2.05, 4.69) is 65.3 Å². The Bertz CT molecular complexity index is 703. The molecule has 3 rings (SSSR count). The summed E-state index contributed by atoms with van der Waals surface area (Å²) in [6, 6.07) is 18.8. The van der Waals surface area contributed by atoms with Crippen LogP contribution in [0.5, 0.6) is 0 Å². The lowest BCUT2D eigenvalue weighted by molar-refractivity contribution is 0.0284. The molecule has 1 heterocycles. The first-order valence-corrected chi connectivity index (χ1v) is 11.4. The largest absolute Gasteiger partial charge is 0.385 e. The van der Waals surface area contributed by atoms with E-state index in [1.807, 2.05) is 13.0 Å². The molecule has 0 radical (unpaired) electrons. The number of nitrogens with zero attached hydrogens (tertiary/aromatic N) is 2. The molecule has 0 aliphatic carbocycles.